The molecular formula is C5H6NOP. The van der Waals surface area contributed by atoms with Gasteiger partial charge < -0.3 is 10.3 Å². The summed E-state index contributed by atoms with van der Waals surface area (Å²) in [5.41, 5.74) is 6.15. The van der Waals surface area contributed by atoms with E-state index in [1.165, 1.54) is 0 Å². The predicted molar refractivity (Wildman–Crippen MR) is 35.5 cm³/mol. The Kier molecular flexibility index (Phi) is 1.70. The largest absolute Gasteiger partial charge is 0.447 e. The van der Waals surface area contributed by atoms with Crippen molar-refractivity contribution in [3.63, 3.8) is 0 Å². The Morgan fingerprint density at radius 1 is 1.62 bits per heavy atom. The first kappa shape index (κ1) is 5.39. The van der Waals surface area contributed by atoms with Gasteiger partial charge >= 0.3 is 0 Å². The summed E-state index contributed by atoms with van der Waals surface area (Å²) in [6, 6.07) is 0. The minimum Gasteiger partial charge on any atom is -0.447 e. The molecule has 1 aliphatic rings. The standard InChI is InChI=1S/C5H6NOP/c6-5-2-1-3-7-8-4-5/h1-4H,6H2. The summed E-state index contributed by atoms with van der Waals surface area (Å²) in [5, 5.41) is 0. The van der Waals surface area contributed by atoms with Crippen LogP contribution in [0.4, 0.5) is 0 Å². The van der Waals surface area contributed by atoms with Crippen molar-refractivity contribution in [1.29, 1.82) is 0 Å². The quantitative estimate of drug-likeness (QED) is 0.493. The molecule has 1 heterocycles. The molecule has 0 fully saturated rings. The minimum atomic E-state index is 0.750. The Morgan fingerprint density at radius 3 is 3.38 bits per heavy atom. The first-order valence-electron chi connectivity index (χ1n) is 2.21. The molecule has 0 spiro atoms. The van der Waals surface area contributed by atoms with E-state index < -0.39 is 0 Å². The van der Waals surface area contributed by atoms with Gasteiger partial charge in [-0.2, -0.15) is 0 Å². The molecule has 3 heteroatoms. The molecule has 0 bridgehead atoms. The number of allylic oxidation sites excluding steroid dienone is 3. The second-order valence-corrected chi connectivity index (χ2v) is 2.01. The van der Waals surface area contributed by atoms with Crippen LogP contribution in [0, 0.1) is 0 Å². The van der Waals surface area contributed by atoms with Crippen molar-refractivity contribution in [3.05, 3.63) is 24.1 Å². The Bertz CT molecular complexity index is 160. The fourth-order valence-corrected chi connectivity index (χ4v) is 0.764. The van der Waals surface area contributed by atoms with E-state index in [4.69, 9.17) is 10.3 Å². The highest BCUT2D eigenvalue weighted by Gasteiger charge is 1.82. The SMILES string of the molecule is NC1=CC=COP=C1. The molecule has 0 radical (unpaired) electrons. The van der Waals surface area contributed by atoms with Gasteiger partial charge in [-0.25, -0.2) is 0 Å². The third kappa shape index (κ3) is 1.39. The zero-order chi connectivity index (χ0) is 5.82. The lowest BCUT2D eigenvalue weighted by Crippen LogP contribution is -1.94. The smallest absolute Gasteiger partial charge is 0.126 e. The third-order valence-electron chi connectivity index (χ3n) is 0.691. The van der Waals surface area contributed by atoms with Gasteiger partial charge in [-0.3, -0.25) is 0 Å². The average molecular weight is 127 g/mol. The summed E-state index contributed by atoms with van der Waals surface area (Å²) < 4.78 is 4.87. The van der Waals surface area contributed by atoms with Crippen molar-refractivity contribution in [3.8, 4) is 0 Å². The molecule has 1 aliphatic heterocycles. The summed E-state index contributed by atoms with van der Waals surface area (Å²) in [6.45, 7) is 0. The molecule has 2 N–H and O–H groups in total. The van der Waals surface area contributed by atoms with Crippen molar-refractivity contribution in [2.24, 2.45) is 5.73 Å². The molecule has 8 heavy (non-hydrogen) atoms. The number of hydrogen-bond acceptors (Lipinski definition) is 2. The maximum absolute atomic E-state index is 5.40. The van der Waals surface area contributed by atoms with E-state index in [1.807, 2.05) is 0 Å². The Hall–Kier alpha value is -0.750. The first-order valence-corrected chi connectivity index (χ1v) is 3.09. The van der Waals surface area contributed by atoms with Crippen LogP contribution >= 0.6 is 8.43 Å². The van der Waals surface area contributed by atoms with Gasteiger partial charge in [0.25, 0.3) is 0 Å². The summed E-state index contributed by atoms with van der Waals surface area (Å²) in [6.07, 6.45) is 5.17. The van der Waals surface area contributed by atoms with Crippen LogP contribution in [0.25, 0.3) is 0 Å². The van der Waals surface area contributed by atoms with Gasteiger partial charge in [0.2, 0.25) is 0 Å². The van der Waals surface area contributed by atoms with E-state index in [2.05, 4.69) is 0 Å². The highest BCUT2D eigenvalue weighted by Crippen LogP contribution is 2.02. The fraction of sp³-hybridized carbons (Fsp3) is 0. The van der Waals surface area contributed by atoms with E-state index in [0.29, 0.717) is 0 Å². The number of rotatable bonds is 0. The Balaban J connectivity index is 2.73. The van der Waals surface area contributed by atoms with Crippen molar-refractivity contribution in [2.75, 3.05) is 0 Å². The Morgan fingerprint density at radius 2 is 2.50 bits per heavy atom. The van der Waals surface area contributed by atoms with Gasteiger partial charge in [0, 0.05) is 11.5 Å². The molecule has 0 saturated carbocycles. The molecule has 2 nitrogen and oxygen atoms in total. The normalized spacial score (nSPS) is 18.8. The molecule has 0 amide bonds. The van der Waals surface area contributed by atoms with E-state index >= 15 is 0 Å². The molecule has 0 aromatic heterocycles. The van der Waals surface area contributed by atoms with E-state index in [0.717, 1.165) is 14.1 Å². The molecule has 0 saturated heterocycles. The average Bonchev–Trinajstić information content (AvgIpc) is 1.94. The van der Waals surface area contributed by atoms with E-state index in [9.17, 15) is 0 Å². The monoisotopic (exact) mass is 127 g/mol. The second kappa shape index (κ2) is 2.53. The molecule has 0 aromatic rings. The zero-order valence-electron chi connectivity index (χ0n) is 4.24. The molecule has 0 aromatic carbocycles. The lowest BCUT2D eigenvalue weighted by atomic mass is 10.4. The minimum absolute atomic E-state index is 0.750. The first-order chi connectivity index (χ1) is 3.89. The summed E-state index contributed by atoms with van der Waals surface area (Å²) >= 11 is 0. The van der Waals surface area contributed by atoms with Gasteiger partial charge in [-0.1, -0.05) is 0 Å². The van der Waals surface area contributed by atoms with Crippen LogP contribution in [-0.4, -0.2) is 5.80 Å². The van der Waals surface area contributed by atoms with Gasteiger partial charge in [0.1, 0.15) is 8.43 Å². The van der Waals surface area contributed by atoms with Crippen LogP contribution in [0.2, 0.25) is 0 Å². The summed E-state index contributed by atoms with van der Waals surface area (Å²) in [4.78, 5) is 0. The van der Waals surface area contributed by atoms with Crippen LogP contribution in [0.15, 0.2) is 24.1 Å². The summed E-state index contributed by atoms with van der Waals surface area (Å²) in [5.74, 6) is 1.79. The molecule has 0 unspecified atom stereocenters. The van der Waals surface area contributed by atoms with Gasteiger partial charge in [-0.05, 0) is 12.2 Å². The molecule has 42 valence electrons. The molecular weight excluding hydrogens is 121 g/mol. The topological polar surface area (TPSA) is 35.2 Å². The lowest BCUT2D eigenvalue weighted by molar-refractivity contribution is 0.563. The van der Waals surface area contributed by atoms with Crippen LogP contribution in [0.5, 0.6) is 0 Å². The molecule has 0 atom stereocenters. The fourth-order valence-electron chi connectivity index (χ4n) is 0.355. The van der Waals surface area contributed by atoms with Crippen LogP contribution in [0.3, 0.4) is 0 Å². The highest BCUT2D eigenvalue weighted by molar-refractivity contribution is 7.33. The van der Waals surface area contributed by atoms with Crippen molar-refractivity contribution in [1.82, 2.24) is 0 Å². The maximum Gasteiger partial charge on any atom is 0.126 e. The second-order valence-electron chi connectivity index (χ2n) is 1.34. The van der Waals surface area contributed by atoms with Crippen LogP contribution in [0.1, 0.15) is 0 Å². The van der Waals surface area contributed by atoms with Crippen molar-refractivity contribution < 1.29 is 4.52 Å². The van der Waals surface area contributed by atoms with E-state index in [1.54, 1.807) is 24.2 Å². The maximum atomic E-state index is 5.40. The Labute approximate surface area is 49.5 Å². The van der Waals surface area contributed by atoms with Crippen LogP contribution in [-0.2, 0) is 4.52 Å². The molecule has 1 rings (SSSR count). The van der Waals surface area contributed by atoms with Crippen molar-refractivity contribution in [2.45, 2.75) is 0 Å². The van der Waals surface area contributed by atoms with Crippen LogP contribution < -0.4 is 5.73 Å². The highest BCUT2D eigenvalue weighted by atomic mass is 31.1. The number of hydrogen-bond donors (Lipinski definition) is 1. The number of nitrogens with two attached hydrogens (primary N) is 1. The van der Waals surface area contributed by atoms with Gasteiger partial charge in [0.15, 0.2) is 0 Å². The lowest BCUT2D eigenvalue weighted by Gasteiger charge is -1.81. The van der Waals surface area contributed by atoms with Crippen molar-refractivity contribution >= 4 is 14.2 Å². The summed E-state index contributed by atoms with van der Waals surface area (Å²) in [7, 11) is 0.794. The van der Waals surface area contributed by atoms with Gasteiger partial charge in [-0.15, -0.1) is 0 Å². The predicted octanol–water partition coefficient (Wildman–Crippen LogP) is 1.04. The van der Waals surface area contributed by atoms with Gasteiger partial charge in [0.05, 0.1) is 6.26 Å². The molecule has 0 aliphatic carbocycles. The third-order valence-corrected chi connectivity index (χ3v) is 1.34. The van der Waals surface area contributed by atoms with E-state index in [-0.39, 0.29) is 0 Å². The zero-order valence-corrected chi connectivity index (χ0v) is 5.14.